The van der Waals surface area contributed by atoms with E-state index < -0.39 is 11.6 Å². The SMILES string of the molecule is CC(C)CN[C@H](C)c1ccc(F)c(F)c1. The van der Waals surface area contributed by atoms with Crippen LogP contribution < -0.4 is 5.32 Å². The van der Waals surface area contributed by atoms with E-state index in [4.69, 9.17) is 0 Å². The van der Waals surface area contributed by atoms with E-state index in [9.17, 15) is 8.78 Å². The second kappa shape index (κ2) is 5.21. The van der Waals surface area contributed by atoms with Gasteiger partial charge in [-0.2, -0.15) is 0 Å². The van der Waals surface area contributed by atoms with Gasteiger partial charge in [0.1, 0.15) is 0 Å². The van der Waals surface area contributed by atoms with Crippen molar-refractivity contribution in [3.8, 4) is 0 Å². The van der Waals surface area contributed by atoms with Crippen molar-refractivity contribution >= 4 is 0 Å². The zero-order valence-corrected chi connectivity index (χ0v) is 9.35. The lowest BCUT2D eigenvalue weighted by molar-refractivity contribution is 0.483. The Morgan fingerprint density at radius 2 is 1.80 bits per heavy atom. The summed E-state index contributed by atoms with van der Waals surface area (Å²) < 4.78 is 25.6. The number of nitrogens with one attached hydrogen (secondary N) is 1. The first kappa shape index (κ1) is 12.1. The van der Waals surface area contributed by atoms with Crippen molar-refractivity contribution in [3.05, 3.63) is 35.4 Å². The van der Waals surface area contributed by atoms with Crippen molar-refractivity contribution in [2.24, 2.45) is 5.92 Å². The van der Waals surface area contributed by atoms with Gasteiger partial charge in [-0.25, -0.2) is 8.78 Å². The highest BCUT2D eigenvalue weighted by atomic mass is 19.2. The smallest absolute Gasteiger partial charge is 0.159 e. The Bertz CT molecular complexity index is 323. The molecule has 0 aliphatic rings. The summed E-state index contributed by atoms with van der Waals surface area (Å²) in [5.74, 6) is -1.04. The van der Waals surface area contributed by atoms with Crippen LogP contribution in [0.15, 0.2) is 18.2 Å². The molecule has 0 aliphatic carbocycles. The van der Waals surface area contributed by atoms with Crippen LogP contribution in [0.1, 0.15) is 32.4 Å². The second-order valence-corrected chi connectivity index (χ2v) is 4.20. The largest absolute Gasteiger partial charge is 0.310 e. The molecule has 0 saturated heterocycles. The van der Waals surface area contributed by atoms with E-state index in [2.05, 4.69) is 19.2 Å². The maximum absolute atomic E-state index is 12.9. The highest BCUT2D eigenvalue weighted by Crippen LogP contribution is 2.15. The molecule has 1 aromatic rings. The Morgan fingerprint density at radius 1 is 1.13 bits per heavy atom. The van der Waals surface area contributed by atoms with Crippen LogP contribution in [-0.4, -0.2) is 6.54 Å². The lowest BCUT2D eigenvalue weighted by Gasteiger charge is -2.16. The highest BCUT2D eigenvalue weighted by Gasteiger charge is 2.08. The minimum Gasteiger partial charge on any atom is -0.310 e. The quantitative estimate of drug-likeness (QED) is 0.809. The van der Waals surface area contributed by atoms with Crippen molar-refractivity contribution in [1.29, 1.82) is 0 Å². The van der Waals surface area contributed by atoms with Crippen LogP contribution in [0.3, 0.4) is 0 Å². The molecular weight excluding hydrogens is 196 g/mol. The number of hydrogen-bond acceptors (Lipinski definition) is 1. The molecule has 0 heterocycles. The Morgan fingerprint density at radius 3 is 2.33 bits per heavy atom. The summed E-state index contributed by atoms with van der Waals surface area (Å²) in [6, 6.07) is 4.06. The summed E-state index contributed by atoms with van der Waals surface area (Å²) in [7, 11) is 0. The highest BCUT2D eigenvalue weighted by molar-refractivity contribution is 5.20. The molecule has 84 valence electrons. The number of hydrogen-bond donors (Lipinski definition) is 1. The van der Waals surface area contributed by atoms with Crippen molar-refractivity contribution in [3.63, 3.8) is 0 Å². The molecule has 0 aliphatic heterocycles. The van der Waals surface area contributed by atoms with Gasteiger partial charge in [-0.15, -0.1) is 0 Å². The molecule has 1 nitrogen and oxygen atoms in total. The van der Waals surface area contributed by atoms with Gasteiger partial charge in [-0.05, 0) is 37.1 Å². The molecule has 0 fully saturated rings. The van der Waals surface area contributed by atoms with Gasteiger partial charge in [0, 0.05) is 6.04 Å². The normalized spacial score (nSPS) is 13.2. The molecule has 0 unspecified atom stereocenters. The molecular formula is C12H17F2N. The molecule has 0 saturated carbocycles. The van der Waals surface area contributed by atoms with Gasteiger partial charge in [-0.3, -0.25) is 0 Å². The van der Waals surface area contributed by atoms with Crippen molar-refractivity contribution in [2.45, 2.75) is 26.8 Å². The molecule has 1 atom stereocenters. The van der Waals surface area contributed by atoms with E-state index in [-0.39, 0.29) is 6.04 Å². The third-order valence-electron chi connectivity index (χ3n) is 2.28. The third kappa shape index (κ3) is 3.59. The maximum Gasteiger partial charge on any atom is 0.159 e. The molecule has 0 bridgehead atoms. The Hall–Kier alpha value is -0.960. The van der Waals surface area contributed by atoms with E-state index in [0.717, 1.165) is 18.2 Å². The summed E-state index contributed by atoms with van der Waals surface area (Å²) >= 11 is 0. The summed E-state index contributed by atoms with van der Waals surface area (Å²) in [4.78, 5) is 0. The zero-order valence-electron chi connectivity index (χ0n) is 9.35. The first-order valence-electron chi connectivity index (χ1n) is 5.19. The average molecular weight is 213 g/mol. The van der Waals surface area contributed by atoms with Gasteiger partial charge in [0.25, 0.3) is 0 Å². The maximum atomic E-state index is 12.9. The number of benzene rings is 1. The van der Waals surface area contributed by atoms with E-state index in [1.54, 1.807) is 6.07 Å². The van der Waals surface area contributed by atoms with E-state index in [1.807, 2.05) is 6.92 Å². The molecule has 3 heteroatoms. The van der Waals surface area contributed by atoms with Crippen LogP contribution in [-0.2, 0) is 0 Å². The summed E-state index contributed by atoms with van der Waals surface area (Å²) in [5.41, 5.74) is 0.773. The van der Waals surface area contributed by atoms with Crippen molar-refractivity contribution in [1.82, 2.24) is 5.32 Å². The number of halogens is 2. The third-order valence-corrected chi connectivity index (χ3v) is 2.28. The van der Waals surface area contributed by atoms with Gasteiger partial charge < -0.3 is 5.32 Å². The van der Waals surface area contributed by atoms with Crippen LogP contribution in [0.25, 0.3) is 0 Å². The Balaban J connectivity index is 2.65. The standard InChI is InChI=1S/C12H17F2N/c1-8(2)7-15-9(3)10-4-5-11(13)12(14)6-10/h4-6,8-9,15H,7H2,1-3H3/t9-/m1/s1. The number of rotatable bonds is 4. The lowest BCUT2D eigenvalue weighted by atomic mass is 10.1. The molecule has 1 N–H and O–H groups in total. The fourth-order valence-electron chi connectivity index (χ4n) is 1.31. The fraction of sp³-hybridized carbons (Fsp3) is 0.500. The van der Waals surface area contributed by atoms with Crippen LogP contribution in [0.2, 0.25) is 0 Å². The second-order valence-electron chi connectivity index (χ2n) is 4.20. The van der Waals surface area contributed by atoms with Gasteiger partial charge in [-0.1, -0.05) is 19.9 Å². The summed E-state index contributed by atoms with van der Waals surface area (Å²) in [6.07, 6.45) is 0. The van der Waals surface area contributed by atoms with E-state index in [1.165, 1.54) is 6.07 Å². The van der Waals surface area contributed by atoms with E-state index >= 15 is 0 Å². The van der Waals surface area contributed by atoms with E-state index in [0.29, 0.717) is 5.92 Å². The lowest BCUT2D eigenvalue weighted by Crippen LogP contribution is -2.23. The van der Waals surface area contributed by atoms with Gasteiger partial charge >= 0.3 is 0 Å². The van der Waals surface area contributed by atoms with Crippen molar-refractivity contribution < 1.29 is 8.78 Å². The van der Waals surface area contributed by atoms with Gasteiger partial charge in [0.15, 0.2) is 11.6 Å². The first-order chi connectivity index (χ1) is 7.00. The topological polar surface area (TPSA) is 12.0 Å². The van der Waals surface area contributed by atoms with Crippen molar-refractivity contribution in [2.75, 3.05) is 6.54 Å². The fourth-order valence-corrected chi connectivity index (χ4v) is 1.31. The monoisotopic (exact) mass is 213 g/mol. The molecule has 0 aromatic heterocycles. The summed E-state index contributed by atoms with van der Waals surface area (Å²) in [5, 5.41) is 3.26. The molecule has 0 radical (unpaired) electrons. The average Bonchev–Trinajstić information content (AvgIpc) is 2.18. The minimum absolute atomic E-state index is 0.0440. The Kier molecular flexibility index (Phi) is 4.21. The molecule has 0 spiro atoms. The van der Waals surface area contributed by atoms with Gasteiger partial charge in [0.05, 0.1) is 0 Å². The first-order valence-corrected chi connectivity index (χ1v) is 5.19. The predicted octanol–water partition coefficient (Wildman–Crippen LogP) is 3.27. The Labute approximate surface area is 89.5 Å². The van der Waals surface area contributed by atoms with Crippen LogP contribution >= 0.6 is 0 Å². The molecule has 1 rings (SSSR count). The molecule has 0 amide bonds. The van der Waals surface area contributed by atoms with Gasteiger partial charge in [0.2, 0.25) is 0 Å². The van der Waals surface area contributed by atoms with Crippen LogP contribution in [0.5, 0.6) is 0 Å². The molecule has 15 heavy (non-hydrogen) atoms. The zero-order chi connectivity index (χ0) is 11.4. The van der Waals surface area contributed by atoms with Crippen LogP contribution in [0, 0.1) is 17.6 Å². The minimum atomic E-state index is -0.796. The van der Waals surface area contributed by atoms with Crippen LogP contribution in [0.4, 0.5) is 8.78 Å². The molecule has 1 aromatic carbocycles. The summed E-state index contributed by atoms with van der Waals surface area (Å²) in [6.45, 7) is 7.01. The predicted molar refractivity (Wildman–Crippen MR) is 57.6 cm³/mol.